The summed E-state index contributed by atoms with van der Waals surface area (Å²) in [6.07, 6.45) is 1.89. The van der Waals surface area contributed by atoms with Crippen LogP contribution in [0.25, 0.3) is 10.9 Å². The van der Waals surface area contributed by atoms with Gasteiger partial charge in [-0.2, -0.15) is 0 Å². The molecule has 1 N–H and O–H groups in total. The maximum absolute atomic E-state index is 11.4. The zero-order chi connectivity index (χ0) is 19.5. The van der Waals surface area contributed by atoms with E-state index in [-0.39, 0.29) is 12.0 Å². The Morgan fingerprint density at radius 2 is 2.07 bits per heavy atom. The lowest BCUT2D eigenvalue weighted by Crippen LogP contribution is -2.37. The number of benzene rings is 1. The first-order valence-electron chi connectivity index (χ1n) is 9.39. The Kier molecular flexibility index (Phi) is 5.14. The molecule has 1 aromatic carbocycles. The number of carbonyl (C=O) groups is 2. The highest BCUT2D eigenvalue weighted by Crippen LogP contribution is 2.32. The van der Waals surface area contributed by atoms with Crippen LogP contribution in [-0.4, -0.2) is 76.5 Å². The second-order valence-electron chi connectivity index (χ2n) is 6.93. The molecular formula is C19H22N4O5. The highest BCUT2D eigenvalue weighted by molar-refractivity contribution is 5.82. The molecule has 0 saturated carbocycles. The monoisotopic (exact) mass is 386 g/mol. The van der Waals surface area contributed by atoms with Gasteiger partial charge in [-0.15, -0.1) is 0 Å². The Bertz CT molecular complexity index is 882. The molecule has 0 bridgehead atoms. The molecule has 2 aliphatic rings. The highest BCUT2D eigenvalue weighted by Gasteiger charge is 2.26. The lowest BCUT2D eigenvalue weighted by atomic mass is 9.91. The van der Waals surface area contributed by atoms with E-state index in [0.717, 1.165) is 29.4 Å². The topological polar surface area (TPSA) is 105 Å². The quantitative estimate of drug-likeness (QED) is 0.841. The summed E-state index contributed by atoms with van der Waals surface area (Å²) >= 11 is 0. The molecule has 3 heterocycles. The molecule has 9 heteroatoms. The van der Waals surface area contributed by atoms with Gasteiger partial charge in [0.2, 0.25) is 0 Å². The Hall–Kier alpha value is -3.10. The molecule has 9 nitrogen and oxygen atoms in total. The SMILES string of the molecule is O=C(O)N1CCC(c2ncnc3cc(OCCN4CCOC4=O)ccc23)CC1. The van der Waals surface area contributed by atoms with Crippen molar-refractivity contribution in [3.8, 4) is 5.75 Å². The van der Waals surface area contributed by atoms with Crippen LogP contribution in [0.3, 0.4) is 0 Å². The molecule has 2 aromatic rings. The van der Waals surface area contributed by atoms with Gasteiger partial charge in [-0.05, 0) is 25.0 Å². The van der Waals surface area contributed by atoms with Crippen molar-refractivity contribution in [1.29, 1.82) is 0 Å². The summed E-state index contributed by atoms with van der Waals surface area (Å²) in [7, 11) is 0. The standard InChI is InChI=1S/C19H22N4O5/c24-18(25)22-5-3-13(4-6-22)17-15-2-1-14(11-16(15)20-12-21-17)27-9-7-23-8-10-28-19(23)26/h1-2,11-13H,3-10H2,(H,24,25). The fourth-order valence-corrected chi connectivity index (χ4v) is 3.72. The molecule has 0 radical (unpaired) electrons. The molecule has 0 aliphatic carbocycles. The predicted molar refractivity (Wildman–Crippen MR) is 99.5 cm³/mol. The van der Waals surface area contributed by atoms with E-state index in [0.29, 0.717) is 45.1 Å². The first-order chi connectivity index (χ1) is 13.6. The van der Waals surface area contributed by atoms with Crippen LogP contribution in [0.2, 0.25) is 0 Å². The number of aromatic nitrogens is 2. The normalized spacial score (nSPS) is 17.8. The molecule has 0 unspecified atom stereocenters. The molecule has 4 rings (SSSR count). The fourth-order valence-electron chi connectivity index (χ4n) is 3.72. The fraction of sp³-hybridized carbons (Fsp3) is 0.474. The zero-order valence-electron chi connectivity index (χ0n) is 15.4. The predicted octanol–water partition coefficient (Wildman–Crippen LogP) is 2.32. The number of carbonyl (C=O) groups excluding carboxylic acids is 1. The third-order valence-corrected chi connectivity index (χ3v) is 5.27. The van der Waals surface area contributed by atoms with Gasteiger partial charge in [-0.25, -0.2) is 19.6 Å². The summed E-state index contributed by atoms with van der Waals surface area (Å²) < 4.78 is 10.7. The van der Waals surface area contributed by atoms with Gasteiger partial charge < -0.3 is 24.4 Å². The van der Waals surface area contributed by atoms with Crippen LogP contribution in [0.15, 0.2) is 24.5 Å². The van der Waals surface area contributed by atoms with Gasteiger partial charge in [0.1, 0.15) is 25.3 Å². The minimum atomic E-state index is -0.866. The molecular weight excluding hydrogens is 364 g/mol. The van der Waals surface area contributed by atoms with Crippen molar-refractivity contribution in [3.05, 3.63) is 30.2 Å². The van der Waals surface area contributed by atoms with Crippen molar-refractivity contribution < 1.29 is 24.2 Å². The van der Waals surface area contributed by atoms with Gasteiger partial charge >= 0.3 is 12.2 Å². The second kappa shape index (κ2) is 7.87. The van der Waals surface area contributed by atoms with Crippen molar-refractivity contribution in [3.63, 3.8) is 0 Å². The van der Waals surface area contributed by atoms with Crippen LogP contribution in [0, 0.1) is 0 Å². The number of rotatable bonds is 5. The van der Waals surface area contributed by atoms with E-state index in [4.69, 9.17) is 14.6 Å². The Morgan fingerprint density at radius 1 is 1.25 bits per heavy atom. The van der Waals surface area contributed by atoms with Crippen LogP contribution in [-0.2, 0) is 4.74 Å². The summed E-state index contributed by atoms with van der Waals surface area (Å²) in [5.74, 6) is 0.902. The van der Waals surface area contributed by atoms with Crippen LogP contribution in [0.4, 0.5) is 9.59 Å². The number of ether oxygens (including phenoxy) is 2. The second-order valence-corrected chi connectivity index (χ2v) is 6.93. The van der Waals surface area contributed by atoms with Crippen molar-refractivity contribution in [2.45, 2.75) is 18.8 Å². The maximum Gasteiger partial charge on any atom is 0.410 e. The molecule has 2 saturated heterocycles. The number of amides is 2. The minimum Gasteiger partial charge on any atom is -0.492 e. The van der Waals surface area contributed by atoms with E-state index in [1.54, 1.807) is 11.2 Å². The largest absolute Gasteiger partial charge is 0.492 e. The van der Waals surface area contributed by atoms with E-state index >= 15 is 0 Å². The third-order valence-electron chi connectivity index (χ3n) is 5.27. The van der Waals surface area contributed by atoms with Gasteiger partial charge in [0.25, 0.3) is 0 Å². The van der Waals surface area contributed by atoms with E-state index in [2.05, 4.69) is 9.97 Å². The summed E-state index contributed by atoms with van der Waals surface area (Å²) in [5.41, 5.74) is 1.75. The summed E-state index contributed by atoms with van der Waals surface area (Å²) in [6, 6.07) is 5.70. The number of carboxylic acid groups (broad SMARTS) is 1. The van der Waals surface area contributed by atoms with Gasteiger partial charge in [0.05, 0.1) is 24.3 Å². The van der Waals surface area contributed by atoms with Crippen molar-refractivity contribution in [2.75, 3.05) is 39.4 Å². The summed E-state index contributed by atoms with van der Waals surface area (Å²) in [4.78, 5) is 34.4. The highest BCUT2D eigenvalue weighted by atomic mass is 16.6. The first-order valence-corrected chi connectivity index (χ1v) is 9.39. The molecule has 1 aromatic heterocycles. The van der Waals surface area contributed by atoms with Gasteiger partial charge in [0.15, 0.2) is 0 Å². The smallest absolute Gasteiger partial charge is 0.410 e. The maximum atomic E-state index is 11.4. The number of hydrogen-bond donors (Lipinski definition) is 1. The lowest BCUT2D eigenvalue weighted by molar-refractivity contribution is 0.132. The molecule has 2 fully saturated rings. The number of cyclic esters (lactones) is 1. The number of hydrogen-bond acceptors (Lipinski definition) is 6. The average molecular weight is 386 g/mol. The van der Waals surface area contributed by atoms with Gasteiger partial charge in [-0.3, -0.25) is 0 Å². The van der Waals surface area contributed by atoms with Gasteiger partial charge in [-0.1, -0.05) is 0 Å². The van der Waals surface area contributed by atoms with E-state index in [1.807, 2.05) is 18.2 Å². The van der Waals surface area contributed by atoms with Crippen LogP contribution in [0.5, 0.6) is 5.75 Å². The number of piperidine rings is 1. The minimum absolute atomic E-state index is 0.217. The van der Waals surface area contributed by atoms with E-state index in [1.165, 1.54) is 4.90 Å². The zero-order valence-corrected chi connectivity index (χ0v) is 15.4. The molecule has 0 spiro atoms. The van der Waals surface area contributed by atoms with Crippen LogP contribution >= 0.6 is 0 Å². The summed E-state index contributed by atoms with van der Waals surface area (Å²) in [5, 5.41) is 10.1. The lowest BCUT2D eigenvalue weighted by Gasteiger charge is -2.30. The third kappa shape index (κ3) is 3.78. The van der Waals surface area contributed by atoms with Crippen molar-refractivity contribution in [2.24, 2.45) is 0 Å². The average Bonchev–Trinajstić information content (AvgIpc) is 3.12. The van der Waals surface area contributed by atoms with E-state index < -0.39 is 6.09 Å². The molecule has 148 valence electrons. The van der Waals surface area contributed by atoms with Crippen LogP contribution < -0.4 is 4.74 Å². The molecule has 0 atom stereocenters. The Labute approximate surface area is 161 Å². The molecule has 28 heavy (non-hydrogen) atoms. The number of likely N-dealkylation sites (tertiary alicyclic amines) is 1. The first kappa shape index (κ1) is 18.3. The Morgan fingerprint density at radius 3 is 2.79 bits per heavy atom. The number of nitrogens with zero attached hydrogens (tertiary/aromatic N) is 4. The van der Waals surface area contributed by atoms with Crippen molar-refractivity contribution in [1.82, 2.24) is 19.8 Å². The summed E-state index contributed by atoms with van der Waals surface area (Å²) in [6.45, 7) is 2.93. The van der Waals surface area contributed by atoms with E-state index in [9.17, 15) is 9.59 Å². The number of fused-ring (bicyclic) bond motifs is 1. The molecule has 2 amide bonds. The van der Waals surface area contributed by atoms with Gasteiger partial charge in [0, 0.05) is 30.5 Å². The van der Waals surface area contributed by atoms with Crippen LogP contribution in [0.1, 0.15) is 24.5 Å². The van der Waals surface area contributed by atoms with Crippen molar-refractivity contribution >= 4 is 23.1 Å². The molecule has 2 aliphatic heterocycles. The Balaban J connectivity index is 1.43.